The van der Waals surface area contributed by atoms with Gasteiger partial charge in [-0.1, -0.05) is 37.3 Å². The fourth-order valence-electron chi connectivity index (χ4n) is 3.42. The van der Waals surface area contributed by atoms with Crippen molar-refractivity contribution in [2.75, 3.05) is 5.75 Å². The summed E-state index contributed by atoms with van der Waals surface area (Å²) >= 11 is 0. The van der Waals surface area contributed by atoms with Gasteiger partial charge in [0.2, 0.25) is 0 Å². The number of aryl methyl sites for hydroxylation is 1. The van der Waals surface area contributed by atoms with Crippen LogP contribution in [0.3, 0.4) is 0 Å². The first-order chi connectivity index (χ1) is 12.6. The summed E-state index contributed by atoms with van der Waals surface area (Å²) in [5.41, 5.74) is 4.15. The fourth-order valence-corrected chi connectivity index (χ4v) is 4.35. The molecule has 0 amide bonds. The van der Waals surface area contributed by atoms with Gasteiger partial charge in [0, 0.05) is 22.7 Å². The van der Waals surface area contributed by atoms with E-state index >= 15 is 0 Å². The van der Waals surface area contributed by atoms with Crippen LogP contribution in [0.4, 0.5) is 5.82 Å². The molecule has 132 valence electrons. The quantitative estimate of drug-likeness (QED) is 0.723. The predicted octanol–water partition coefficient (Wildman–Crippen LogP) is 4.83. The molecule has 1 aliphatic heterocycles. The van der Waals surface area contributed by atoms with Crippen molar-refractivity contribution < 1.29 is 8.42 Å². The molecule has 0 bridgehead atoms. The van der Waals surface area contributed by atoms with E-state index in [0.717, 1.165) is 40.7 Å². The first-order valence-electron chi connectivity index (χ1n) is 8.76. The lowest BCUT2D eigenvalue weighted by molar-refractivity contribution is 0.597. The number of nitrogens with one attached hydrogen (secondary N) is 1. The van der Waals surface area contributed by atoms with Gasteiger partial charge in [-0.15, -0.1) is 0 Å². The molecule has 0 radical (unpaired) electrons. The molecule has 1 aromatic heterocycles. The van der Waals surface area contributed by atoms with Crippen LogP contribution in [-0.2, 0) is 16.3 Å². The minimum atomic E-state index is -3.24. The van der Waals surface area contributed by atoms with E-state index in [-0.39, 0.29) is 5.75 Å². The minimum absolute atomic E-state index is 0.0985. The maximum atomic E-state index is 12.3. The van der Waals surface area contributed by atoms with Crippen molar-refractivity contribution in [1.82, 2.24) is 4.98 Å². The first-order valence-corrected chi connectivity index (χ1v) is 10.4. The lowest BCUT2D eigenvalue weighted by atomic mass is 9.97. The third-order valence-electron chi connectivity index (χ3n) is 4.78. The van der Waals surface area contributed by atoms with Crippen LogP contribution in [0, 0.1) is 0 Å². The average Bonchev–Trinajstić information content (AvgIpc) is 2.98. The van der Waals surface area contributed by atoms with Crippen LogP contribution >= 0.6 is 0 Å². The molecule has 2 aromatic carbocycles. The Hall–Kier alpha value is -2.66. The van der Waals surface area contributed by atoms with Gasteiger partial charge in [0.25, 0.3) is 0 Å². The number of hydrogen-bond acceptors (Lipinski definition) is 3. The standard InChI is InChI=1S/C21H20N2O2S/c1-2-26(24,25)16-9-6-8-15(14-16)17-11-7-12-19-20(17)18-10-4-3-5-13-22-21(18)23-19/h3,5-9,11-14,23H,2,4,10H2,1H3/b5-3-,22-13-. The third-order valence-corrected chi connectivity index (χ3v) is 6.51. The minimum Gasteiger partial charge on any atom is -0.339 e. The highest BCUT2D eigenvalue weighted by molar-refractivity contribution is 7.91. The molecule has 0 fully saturated rings. The van der Waals surface area contributed by atoms with Crippen LogP contribution in [0.15, 0.2) is 64.5 Å². The van der Waals surface area contributed by atoms with Crippen molar-refractivity contribution in [3.8, 4) is 11.1 Å². The molecule has 0 aliphatic carbocycles. The van der Waals surface area contributed by atoms with Crippen molar-refractivity contribution in [3.05, 3.63) is 60.2 Å². The second-order valence-electron chi connectivity index (χ2n) is 6.36. The number of fused-ring (bicyclic) bond motifs is 3. The molecule has 5 heteroatoms. The molecule has 26 heavy (non-hydrogen) atoms. The molecule has 1 aliphatic rings. The number of aromatic nitrogens is 1. The lowest BCUT2D eigenvalue weighted by Gasteiger charge is -2.09. The van der Waals surface area contributed by atoms with Gasteiger partial charge >= 0.3 is 0 Å². The summed E-state index contributed by atoms with van der Waals surface area (Å²) in [5.74, 6) is 0.982. The number of hydrogen-bond donors (Lipinski definition) is 1. The average molecular weight is 364 g/mol. The van der Waals surface area contributed by atoms with Crippen LogP contribution in [0.2, 0.25) is 0 Å². The predicted molar refractivity (Wildman–Crippen MR) is 107 cm³/mol. The largest absolute Gasteiger partial charge is 0.339 e. The lowest BCUT2D eigenvalue weighted by Crippen LogP contribution is -2.03. The Morgan fingerprint density at radius 3 is 2.85 bits per heavy atom. The number of sulfone groups is 1. The topological polar surface area (TPSA) is 62.3 Å². The van der Waals surface area contributed by atoms with Crippen molar-refractivity contribution in [1.29, 1.82) is 0 Å². The Bertz CT molecular complexity index is 1140. The zero-order chi connectivity index (χ0) is 18.1. The van der Waals surface area contributed by atoms with E-state index in [2.05, 4.69) is 16.1 Å². The van der Waals surface area contributed by atoms with Crippen LogP contribution in [0.1, 0.15) is 18.9 Å². The van der Waals surface area contributed by atoms with E-state index in [1.54, 1.807) is 19.1 Å². The molecule has 2 heterocycles. The van der Waals surface area contributed by atoms with Crippen LogP contribution < -0.4 is 0 Å². The summed E-state index contributed by atoms with van der Waals surface area (Å²) in [5, 5.41) is 1.13. The molecule has 4 rings (SSSR count). The molecule has 0 atom stereocenters. The second-order valence-corrected chi connectivity index (χ2v) is 8.63. The van der Waals surface area contributed by atoms with Crippen LogP contribution in [0.25, 0.3) is 22.0 Å². The number of allylic oxidation sites excluding steroid dienone is 2. The summed E-state index contributed by atoms with van der Waals surface area (Å²) in [4.78, 5) is 8.29. The SMILES string of the molecule is CCS(=O)(=O)c1cccc(-c2cccc3[nH]c4c(c23)CC/C=C\C=N/4)c1. The molecule has 4 nitrogen and oxygen atoms in total. The highest BCUT2D eigenvalue weighted by atomic mass is 32.2. The Balaban J connectivity index is 1.95. The zero-order valence-corrected chi connectivity index (χ0v) is 15.4. The van der Waals surface area contributed by atoms with Gasteiger partial charge in [-0.3, -0.25) is 0 Å². The number of nitrogens with zero attached hydrogens (tertiary/aromatic N) is 1. The molecule has 0 saturated heterocycles. The summed E-state index contributed by atoms with van der Waals surface area (Å²) in [6.45, 7) is 1.67. The highest BCUT2D eigenvalue weighted by Crippen LogP contribution is 2.37. The normalized spacial score (nSPS) is 16.7. The Kier molecular flexibility index (Phi) is 4.24. The summed E-state index contributed by atoms with van der Waals surface area (Å²) in [7, 11) is -3.24. The van der Waals surface area contributed by atoms with Crippen molar-refractivity contribution >= 4 is 32.8 Å². The summed E-state index contributed by atoms with van der Waals surface area (Å²) in [6.07, 6.45) is 7.73. The van der Waals surface area contributed by atoms with E-state index in [1.165, 1.54) is 5.56 Å². The van der Waals surface area contributed by atoms with Gasteiger partial charge in [0.15, 0.2) is 9.84 Å². The molecule has 3 aromatic rings. The molecular weight excluding hydrogens is 344 g/mol. The van der Waals surface area contributed by atoms with E-state index in [9.17, 15) is 8.42 Å². The molecule has 0 unspecified atom stereocenters. The Morgan fingerprint density at radius 1 is 1.15 bits per heavy atom. The molecule has 0 saturated carbocycles. The molecule has 0 spiro atoms. The van der Waals surface area contributed by atoms with E-state index in [0.29, 0.717) is 4.90 Å². The second kappa shape index (κ2) is 6.57. The van der Waals surface area contributed by atoms with Gasteiger partial charge in [-0.25, -0.2) is 13.4 Å². The van der Waals surface area contributed by atoms with E-state index in [1.807, 2.05) is 42.6 Å². The maximum Gasteiger partial charge on any atom is 0.178 e. The molecular formula is C21H20N2O2S. The first kappa shape index (κ1) is 16.8. The molecule has 1 N–H and O–H groups in total. The van der Waals surface area contributed by atoms with Crippen LogP contribution in [0.5, 0.6) is 0 Å². The monoisotopic (exact) mass is 364 g/mol. The number of aromatic amines is 1. The number of benzene rings is 2. The number of aliphatic imine (C=N–C) groups is 1. The smallest absolute Gasteiger partial charge is 0.178 e. The van der Waals surface area contributed by atoms with Crippen molar-refractivity contribution in [2.45, 2.75) is 24.7 Å². The highest BCUT2D eigenvalue weighted by Gasteiger charge is 2.17. The Morgan fingerprint density at radius 2 is 2.00 bits per heavy atom. The van der Waals surface area contributed by atoms with Crippen molar-refractivity contribution in [2.24, 2.45) is 4.99 Å². The maximum absolute atomic E-state index is 12.3. The Labute approximate surface area is 153 Å². The fraction of sp³-hybridized carbons (Fsp3) is 0.190. The van der Waals surface area contributed by atoms with Gasteiger partial charge < -0.3 is 4.98 Å². The van der Waals surface area contributed by atoms with Gasteiger partial charge in [0.1, 0.15) is 5.82 Å². The van der Waals surface area contributed by atoms with Gasteiger partial charge in [-0.05, 0) is 48.2 Å². The van der Waals surface area contributed by atoms with Crippen molar-refractivity contribution in [3.63, 3.8) is 0 Å². The summed E-state index contributed by atoms with van der Waals surface area (Å²) < 4.78 is 24.6. The summed E-state index contributed by atoms with van der Waals surface area (Å²) in [6, 6.07) is 13.3. The van der Waals surface area contributed by atoms with Crippen LogP contribution in [-0.4, -0.2) is 25.4 Å². The van der Waals surface area contributed by atoms with E-state index in [4.69, 9.17) is 0 Å². The van der Waals surface area contributed by atoms with Gasteiger partial charge in [0.05, 0.1) is 10.6 Å². The number of H-pyrrole nitrogens is 1. The third kappa shape index (κ3) is 2.88. The van der Waals surface area contributed by atoms with Gasteiger partial charge in [-0.2, -0.15) is 0 Å². The zero-order valence-electron chi connectivity index (χ0n) is 14.6. The number of rotatable bonds is 3. The van der Waals surface area contributed by atoms with E-state index < -0.39 is 9.84 Å².